The number of carbonyl (C=O) groups is 1. The minimum atomic E-state index is -0.157. The van der Waals surface area contributed by atoms with E-state index in [1.165, 1.54) is 0 Å². The molecule has 0 radical (unpaired) electrons. The van der Waals surface area contributed by atoms with Crippen molar-refractivity contribution < 1.29 is 4.79 Å². The minimum absolute atomic E-state index is 0.143. The first kappa shape index (κ1) is 22.8. The van der Waals surface area contributed by atoms with Gasteiger partial charge in [-0.05, 0) is 29.7 Å². The average Bonchev–Trinajstić information content (AvgIpc) is 2.92. The van der Waals surface area contributed by atoms with Gasteiger partial charge in [-0.2, -0.15) is 0 Å². The van der Waals surface area contributed by atoms with Gasteiger partial charge in [0, 0.05) is 32.4 Å². The Labute approximate surface area is 204 Å². The Bertz CT molecular complexity index is 1360. The van der Waals surface area contributed by atoms with Crippen LogP contribution in [0.5, 0.6) is 0 Å². The summed E-state index contributed by atoms with van der Waals surface area (Å²) in [5.74, 6) is 0.426. The second-order valence-electron chi connectivity index (χ2n) is 8.84. The van der Waals surface area contributed by atoms with Crippen LogP contribution in [-0.4, -0.2) is 51.5 Å². The number of benzene rings is 2. The summed E-state index contributed by atoms with van der Waals surface area (Å²) in [5.41, 5.74) is 3.19. The van der Waals surface area contributed by atoms with Crippen molar-refractivity contribution in [1.82, 2.24) is 19.4 Å². The lowest BCUT2D eigenvalue weighted by Crippen LogP contribution is -2.51. The number of carbonyl (C=O) groups excluding carboxylic acids is 1. The van der Waals surface area contributed by atoms with Crippen molar-refractivity contribution in [2.45, 2.75) is 25.8 Å². The van der Waals surface area contributed by atoms with Crippen LogP contribution in [0.2, 0.25) is 0 Å². The first-order chi connectivity index (χ1) is 17.2. The van der Waals surface area contributed by atoms with Crippen molar-refractivity contribution in [3.05, 3.63) is 100 Å². The van der Waals surface area contributed by atoms with Gasteiger partial charge in [0.1, 0.15) is 5.52 Å². The molecule has 178 valence electrons. The number of piperazine rings is 1. The van der Waals surface area contributed by atoms with Crippen LogP contribution in [0.4, 0.5) is 5.82 Å². The van der Waals surface area contributed by atoms with E-state index in [2.05, 4.69) is 4.98 Å². The van der Waals surface area contributed by atoms with E-state index in [9.17, 15) is 9.59 Å². The topological polar surface area (TPSA) is 71.3 Å². The second-order valence-corrected chi connectivity index (χ2v) is 8.84. The lowest BCUT2D eigenvalue weighted by Gasteiger charge is -2.36. The largest absolute Gasteiger partial charge is 0.348 e. The molecule has 0 aliphatic carbocycles. The van der Waals surface area contributed by atoms with Crippen LogP contribution in [0, 0.1) is 0 Å². The summed E-state index contributed by atoms with van der Waals surface area (Å²) in [6.07, 6.45) is 2.44. The molecule has 7 nitrogen and oxygen atoms in total. The van der Waals surface area contributed by atoms with Crippen LogP contribution in [-0.2, 0) is 11.3 Å². The van der Waals surface area contributed by atoms with Gasteiger partial charge in [0.25, 0.3) is 5.56 Å². The molecular weight excluding hydrogens is 438 g/mol. The predicted molar refractivity (Wildman–Crippen MR) is 138 cm³/mol. The quantitative estimate of drug-likeness (QED) is 0.433. The highest BCUT2D eigenvalue weighted by atomic mass is 16.2. The van der Waals surface area contributed by atoms with Gasteiger partial charge >= 0.3 is 0 Å². The summed E-state index contributed by atoms with van der Waals surface area (Å²) >= 11 is 0. The molecule has 2 aromatic carbocycles. The first-order valence-corrected chi connectivity index (χ1v) is 12.1. The van der Waals surface area contributed by atoms with Crippen molar-refractivity contribution >= 4 is 22.9 Å². The number of hydrogen-bond acceptors (Lipinski definition) is 5. The van der Waals surface area contributed by atoms with Gasteiger partial charge in [-0.15, -0.1) is 0 Å². The van der Waals surface area contributed by atoms with Crippen LogP contribution in [0.1, 0.15) is 30.4 Å². The highest BCUT2D eigenvalue weighted by molar-refractivity contribution is 5.84. The summed E-state index contributed by atoms with van der Waals surface area (Å²) in [6.45, 7) is 4.73. The second kappa shape index (κ2) is 10.1. The Morgan fingerprint density at radius 1 is 0.914 bits per heavy atom. The van der Waals surface area contributed by atoms with Crippen molar-refractivity contribution in [3.63, 3.8) is 0 Å². The number of rotatable bonds is 6. The summed E-state index contributed by atoms with van der Waals surface area (Å²) in [7, 11) is 0. The molecule has 1 aliphatic heterocycles. The minimum Gasteiger partial charge on any atom is -0.348 e. The number of fused-ring (bicyclic) bond motifs is 1. The van der Waals surface area contributed by atoms with Gasteiger partial charge in [-0.3, -0.25) is 14.2 Å². The van der Waals surface area contributed by atoms with Gasteiger partial charge in [0.05, 0.1) is 12.5 Å². The van der Waals surface area contributed by atoms with E-state index < -0.39 is 0 Å². The van der Waals surface area contributed by atoms with E-state index in [4.69, 9.17) is 4.98 Å². The van der Waals surface area contributed by atoms with E-state index in [1.807, 2.05) is 89.5 Å². The Morgan fingerprint density at radius 2 is 1.60 bits per heavy atom. The van der Waals surface area contributed by atoms with Gasteiger partial charge in [0.2, 0.25) is 5.91 Å². The standard InChI is InChI=1S/C28H29N5O2/c1-2-23(22-12-7-4-8-13-22)27(34)32-18-16-31(17-19-32)26-28(35)33(20-21-10-5-3-6-11-21)25-24(30-26)14-9-15-29-25/h3-15,23H,2,16-20H2,1H3. The van der Waals surface area contributed by atoms with Crippen LogP contribution in [0.15, 0.2) is 83.8 Å². The summed E-state index contributed by atoms with van der Waals surface area (Å²) in [6, 6.07) is 23.6. The average molecular weight is 468 g/mol. The number of pyridine rings is 1. The van der Waals surface area contributed by atoms with Crippen molar-refractivity contribution in [3.8, 4) is 0 Å². The molecule has 5 rings (SSSR count). The lowest BCUT2D eigenvalue weighted by atomic mass is 9.95. The Balaban J connectivity index is 1.39. The molecule has 1 amide bonds. The fraction of sp³-hybridized carbons (Fsp3) is 0.286. The van der Waals surface area contributed by atoms with Crippen LogP contribution >= 0.6 is 0 Å². The number of anilines is 1. The number of nitrogens with zero attached hydrogens (tertiary/aromatic N) is 5. The van der Waals surface area contributed by atoms with Crippen LogP contribution in [0.3, 0.4) is 0 Å². The zero-order chi connectivity index (χ0) is 24.2. The van der Waals surface area contributed by atoms with Gasteiger partial charge in [0.15, 0.2) is 11.5 Å². The van der Waals surface area contributed by atoms with E-state index in [0.717, 1.165) is 17.5 Å². The monoisotopic (exact) mass is 467 g/mol. The van der Waals surface area contributed by atoms with E-state index in [0.29, 0.717) is 49.7 Å². The molecule has 0 saturated carbocycles. The molecule has 1 unspecified atom stereocenters. The fourth-order valence-electron chi connectivity index (χ4n) is 4.78. The molecule has 0 bridgehead atoms. The van der Waals surface area contributed by atoms with E-state index >= 15 is 0 Å². The molecule has 0 spiro atoms. The van der Waals surface area contributed by atoms with Crippen LogP contribution < -0.4 is 10.5 Å². The zero-order valence-electron chi connectivity index (χ0n) is 19.9. The maximum Gasteiger partial charge on any atom is 0.295 e. The van der Waals surface area contributed by atoms with E-state index in [1.54, 1.807) is 10.8 Å². The smallest absolute Gasteiger partial charge is 0.295 e. The van der Waals surface area contributed by atoms with Gasteiger partial charge in [-0.25, -0.2) is 9.97 Å². The number of hydrogen-bond donors (Lipinski definition) is 0. The Morgan fingerprint density at radius 3 is 2.29 bits per heavy atom. The van der Waals surface area contributed by atoms with Crippen LogP contribution in [0.25, 0.3) is 11.2 Å². The van der Waals surface area contributed by atoms with Crippen molar-refractivity contribution in [2.75, 3.05) is 31.1 Å². The molecule has 35 heavy (non-hydrogen) atoms. The SMILES string of the molecule is CCC(C(=O)N1CCN(c2nc3cccnc3n(Cc3ccccc3)c2=O)CC1)c1ccccc1. The fourth-order valence-corrected chi connectivity index (χ4v) is 4.78. The highest BCUT2D eigenvalue weighted by Gasteiger charge is 2.29. The Kier molecular flexibility index (Phi) is 6.57. The third-order valence-electron chi connectivity index (χ3n) is 6.67. The third-order valence-corrected chi connectivity index (χ3v) is 6.67. The summed E-state index contributed by atoms with van der Waals surface area (Å²) in [5, 5.41) is 0. The molecule has 1 saturated heterocycles. The first-order valence-electron chi connectivity index (χ1n) is 12.1. The number of aromatic nitrogens is 3. The molecular formula is C28H29N5O2. The normalized spacial score (nSPS) is 14.8. The van der Waals surface area contributed by atoms with Gasteiger partial charge in [-0.1, -0.05) is 67.6 Å². The third kappa shape index (κ3) is 4.67. The maximum absolute atomic E-state index is 13.6. The van der Waals surface area contributed by atoms with Gasteiger partial charge < -0.3 is 9.80 Å². The molecule has 0 N–H and O–H groups in total. The lowest BCUT2D eigenvalue weighted by molar-refractivity contribution is -0.133. The van der Waals surface area contributed by atoms with Crippen molar-refractivity contribution in [1.29, 1.82) is 0 Å². The Hall–Kier alpha value is -4.00. The molecule has 4 aromatic rings. The molecule has 1 atom stereocenters. The van der Waals surface area contributed by atoms with Crippen molar-refractivity contribution in [2.24, 2.45) is 0 Å². The maximum atomic E-state index is 13.6. The molecule has 2 aromatic heterocycles. The highest BCUT2D eigenvalue weighted by Crippen LogP contribution is 2.23. The summed E-state index contributed by atoms with van der Waals surface area (Å²) in [4.78, 5) is 39.9. The molecule has 3 heterocycles. The summed E-state index contributed by atoms with van der Waals surface area (Å²) < 4.78 is 1.70. The molecule has 1 fully saturated rings. The zero-order valence-corrected chi connectivity index (χ0v) is 19.9. The number of amides is 1. The molecule has 7 heteroatoms. The van der Waals surface area contributed by atoms with E-state index in [-0.39, 0.29) is 17.4 Å². The molecule has 1 aliphatic rings. The predicted octanol–water partition coefficient (Wildman–Crippen LogP) is 3.68.